The summed E-state index contributed by atoms with van der Waals surface area (Å²) in [5, 5.41) is 25.6. The van der Waals surface area contributed by atoms with E-state index < -0.39 is 11.8 Å². The predicted molar refractivity (Wildman–Crippen MR) is 142 cm³/mol. The quantitative estimate of drug-likeness (QED) is 0.274. The Morgan fingerprint density at radius 3 is 2.51 bits per heavy atom. The lowest BCUT2D eigenvalue weighted by Crippen LogP contribution is -2.29. The topological polar surface area (TPSA) is 167 Å². The van der Waals surface area contributed by atoms with Gasteiger partial charge >= 0.3 is 0 Å². The van der Waals surface area contributed by atoms with Gasteiger partial charge in [-0.2, -0.15) is 5.26 Å². The molecule has 0 atom stereocenters. The molecule has 0 radical (unpaired) electrons. The second-order valence-corrected chi connectivity index (χ2v) is 7.31. The summed E-state index contributed by atoms with van der Waals surface area (Å²) < 4.78 is 5.14. The Labute approximate surface area is 224 Å². The molecule has 0 saturated heterocycles. The van der Waals surface area contributed by atoms with Crippen LogP contribution in [0, 0.1) is 11.3 Å². The molecule has 3 heterocycles. The van der Waals surface area contributed by atoms with Crippen molar-refractivity contribution in [1.82, 2.24) is 15.3 Å². The fourth-order valence-corrected chi connectivity index (χ4v) is 3.38. The molecule has 0 aliphatic heterocycles. The van der Waals surface area contributed by atoms with E-state index in [1.54, 1.807) is 36.4 Å². The summed E-state index contributed by atoms with van der Waals surface area (Å²) in [5.74, 6) is -1.05. The Balaban J connectivity index is 0.00000241. The highest BCUT2D eigenvalue weighted by atomic mass is 35.5. The van der Waals surface area contributed by atoms with Crippen LogP contribution in [0.25, 0.3) is 22.4 Å². The highest BCUT2D eigenvalue weighted by Gasteiger charge is 2.20. The Morgan fingerprint density at radius 1 is 1.05 bits per heavy atom. The van der Waals surface area contributed by atoms with Gasteiger partial charge in [-0.15, -0.1) is 24.8 Å². The van der Waals surface area contributed by atoms with Crippen molar-refractivity contribution in [1.29, 1.82) is 5.26 Å². The van der Waals surface area contributed by atoms with Crippen molar-refractivity contribution in [3.8, 4) is 34.2 Å². The number of carbonyl (C=O) groups excluding carboxylic acids is 2. The Hall–Kier alpha value is -4.43. The standard InChI is InChI=1S/C25H20N6O4.2ClH/c26-8-10-29-24(33)20-12-15(7-9-28-20)17-13-19(16-4-1-2-5-21(16)32)30-23(18(17)14-27)31-25(34)22-6-3-11-35-22;;/h1-7,9,11-13,32H,8,10,26H2,(H,29,33)(H,30,31,34);2*1H. The lowest BCUT2D eigenvalue weighted by molar-refractivity contribution is 0.0948. The first kappa shape index (κ1) is 28.8. The first-order chi connectivity index (χ1) is 17.0. The number of furan rings is 1. The number of carbonyl (C=O) groups is 2. The molecule has 4 rings (SSSR count). The molecule has 0 fully saturated rings. The van der Waals surface area contributed by atoms with Crippen LogP contribution in [0.5, 0.6) is 5.75 Å². The fraction of sp³-hybridized carbons (Fsp3) is 0.0800. The van der Waals surface area contributed by atoms with Crippen LogP contribution in [0.2, 0.25) is 0 Å². The number of phenols is 1. The summed E-state index contributed by atoms with van der Waals surface area (Å²) in [7, 11) is 0. The summed E-state index contributed by atoms with van der Waals surface area (Å²) in [6.07, 6.45) is 2.79. The molecular weight excluding hydrogens is 519 g/mol. The van der Waals surface area contributed by atoms with E-state index in [0.717, 1.165) is 0 Å². The minimum Gasteiger partial charge on any atom is -0.507 e. The number of benzene rings is 1. The van der Waals surface area contributed by atoms with Gasteiger partial charge in [-0.25, -0.2) is 4.98 Å². The third-order valence-corrected chi connectivity index (χ3v) is 5.02. The molecule has 12 heteroatoms. The maximum atomic E-state index is 12.7. The zero-order valence-electron chi connectivity index (χ0n) is 19.2. The van der Waals surface area contributed by atoms with Crippen LogP contribution < -0.4 is 16.4 Å². The van der Waals surface area contributed by atoms with Gasteiger partial charge in [0.05, 0.1) is 12.0 Å². The van der Waals surface area contributed by atoms with Gasteiger partial charge in [0.2, 0.25) is 0 Å². The third-order valence-electron chi connectivity index (χ3n) is 5.02. The number of aromatic hydroxyl groups is 1. The molecule has 5 N–H and O–H groups in total. The van der Waals surface area contributed by atoms with E-state index in [0.29, 0.717) is 22.4 Å². The Bertz CT molecular complexity index is 1440. The van der Waals surface area contributed by atoms with Crippen molar-refractivity contribution in [2.75, 3.05) is 18.4 Å². The number of nitriles is 1. The van der Waals surface area contributed by atoms with Crippen LogP contribution in [0.1, 0.15) is 26.6 Å². The van der Waals surface area contributed by atoms with Gasteiger partial charge in [0.1, 0.15) is 23.1 Å². The lowest BCUT2D eigenvalue weighted by Gasteiger charge is -2.14. The number of phenolic OH excluding ortho intramolecular Hbond substituents is 1. The van der Waals surface area contributed by atoms with E-state index in [4.69, 9.17) is 10.2 Å². The van der Waals surface area contributed by atoms with Crippen LogP contribution in [-0.4, -0.2) is 40.0 Å². The maximum Gasteiger partial charge on any atom is 0.292 e. The molecule has 190 valence electrons. The van der Waals surface area contributed by atoms with Gasteiger partial charge in [-0.3, -0.25) is 14.6 Å². The normalized spacial score (nSPS) is 9.84. The van der Waals surface area contributed by atoms with Gasteiger partial charge < -0.3 is 25.9 Å². The zero-order valence-corrected chi connectivity index (χ0v) is 20.8. The Kier molecular flexibility index (Phi) is 10.1. The molecule has 0 aliphatic rings. The van der Waals surface area contributed by atoms with E-state index in [2.05, 4.69) is 26.7 Å². The van der Waals surface area contributed by atoms with E-state index >= 15 is 0 Å². The van der Waals surface area contributed by atoms with Crippen LogP contribution in [0.3, 0.4) is 0 Å². The highest BCUT2D eigenvalue weighted by molar-refractivity contribution is 6.03. The van der Waals surface area contributed by atoms with Gasteiger partial charge in [0.15, 0.2) is 11.6 Å². The lowest BCUT2D eigenvalue weighted by atomic mass is 9.98. The summed E-state index contributed by atoms with van der Waals surface area (Å²) >= 11 is 0. The number of halogens is 2. The van der Waals surface area contributed by atoms with Crippen LogP contribution in [0.15, 0.2) is 71.5 Å². The number of amides is 2. The van der Waals surface area contributed by atoms with Crippen molar-refractivity contribution < 1.29 is 19.1 Å². The highest BCUT2D eigenvalue weighted by Crippen LogP contribution is 2.35. The largest absolute Gasteiger partial charge is 0.507 e. The smallest absolute Gasteiger partial charge is 0.292 e. The number of nitrogens with one attached hydrogen (secondary N) is 2. The summed E-state index contributed by atoms with van der Waals surface area (Å²) in [4.78, 5) is 33.6. The average molecular weight is 541 g/mol. The first-order valence-electron chi connectivity index (χ1n) is 10.5. The molecule has 0 unspecified atom stereocenters. The zero-order chi connectivity index (χ0) is 24.8. The molecule has 10 nitrogen and oxygen atoms in total. The minimum atomic E-state index is -0.601. The van der Waals surface area contributed by atoms with Crippen molar-refractivity contribution in [3.05, 3.63) is 84.1 Å². The second kappa shape index (κ2) is 13.0. The fourth-order valence-electron chi connectivity index (χ4n) is 3.38. The SMILES string of the molecule is Cl.Cl.N#Cc1c(-c2ccnc(C(=O)NCCN)c2)cc(-c2ccccc2O)nc1NC(=O)c1ccco1. The first-order valence-corrected chi connectivity index (χ1v) is 10.5. The van der Waals surface area contributed by atoms with Crippen molar-refractivity contribution in [2.45, 2.75) is 0 Å². The monoisotopic (exact) mass is 540 g/mol. The number of pyridine rings is 2. The summed E-state index contributed by atoms with van der Waals surface area (Å²) in [6, 6.07) is 16.4. The molecule has 4 aromatic rings. The number of aromatic nitrogens is 2. The molecule has 1 aromatic carbocycles. The van der Waals surface area contributed by atoms with E-state index in [-0.39, 0.29) is 66.5 Å². The summed E-state index contributed by atoms with van der Waals surface area (Å²) in [5.41, 5.74) is 7.20. The minimum absolute atomic E-state index is 0. The van der Waals surface area contributed by atoms with Gasteiger partial charge in [-0.1, -0.05) is 12.1 Å². The number of rotatable bonds is 7. The van der Waals surface area contributed by atoms with Crippen molar-refractivity contribution in [2.24, 2.45) is 5.73 Å². The van der Waals surface area contributed by atoms with Crippen molar-refractivity contribution in [3.63, 3.8) is 0 Å². The molecular formula is C25H22Cl2N6O4. The average Bonchev–Trinajstić information content (AvgIpc) is 3.42. The van der Waals surface area contributed by atoms with Crippen LogP contribution in [-0.2, 0) is 0 Å². The number of nitrogens with two attached hydrogens (primary N) is 1. The third kappa shape index (κ3) is 6.42. The van der Waals surface area contributed by atoms with E-state index in [1.807, 2.05) is 0 Å². The molecule has 0 spiro atoms. The predicted octanol–water partition coefficient (Wildman–Crippen LogP) is 3.77. The number of hydrogen-bond donors (Lipinski definition) is 4. The summed E-state index contributed by atoms with van der Waals surface area (Å²) in [6.45, 7) is 0.556. The number of anilines is 1. The van der Waals surface area contributed by atoms with Gasteiger partial charge in [0, 0.05) is 30.4 Å². The molecule has 3 aromatic heterocycles. The van der Waals surface area contributed by atoms with Crippen LogP contribution >= 0.6 is 24.8 Å². The van der Waals surface area contributed by atoms with E-state index in [1.165, 1.54) is 30.7 Å². The van der Waals surface area contributed by atoms with Crippen molar-refractivity contribution >= 4 is 42.4 Å². The van der Waals surface area contributed by atoms with Gasteiger partial charge in [-0.05, 0) is 48.0 Å². The molecule has 0 aliphatic carbocycles. The number of para-hydroxylation sites is 1. The number of hydrogen-bond acceptors (Lipinski definition) is 8. The Morgan fingerprint density at radius 2 is 1.84 bits per heavy atom. The maximum absolute atomic E-state index is 12.7. The van der Waals surface area contributed by atoms with E-state index in [9.17, 15) is 20.0 Å². The molecule has 0 saturated carbocycles. The second-order valence-electron chi connectivity index (χ2n) is 7.31. The molecule has 37 heavy (non-hydrogen) atoms. The van der Waals surface area contributed by atoms with Gasteiger partial charge in [0.25, 0.3) is 11.8 Å². The molecule has 2 amide bonds. The van der Waals surface area contributed by atoms with Crippen LogP contribution in [0.4, 0.5) is 5.82 Å². The number of nitrogens with zero attached hydrogens (tertiary/aromatic N) is 3. The molecule has 0 bridgehead atoms.